The molecule has 0 fully saturated rings. The summed E-state index contributed by atoms with van der Waals surface area (Å²) in [4.78, 5) is 4.63. The normalized spacial score (nSPS) is 13.4. The van der Waals surface area contributed by atoms with Crippen molar-refractivity contribution in [2.45, 2.75) is 19.3 Å². The minimum atomic E-state index is 0.909. The molecule has 1 aromatic heterocycles. The van der Waals surface area contributed by atoms with Crippen LogP contribution in [-0.2, 0) is 6.42 Å². The van der Waals surface area contributed by atoms with Crippen molar-refractivity contribution in [1.82, 2.24) is 4.98 Å². The summed E-state index contributed by atoms with van der Waals surface area (Å²) in [6.07, 6.45) is 10.8. The highest BCUT2D eigenvalue weighted by Crippen LogP contribution is 2.58. The molecule has 2 aliphatic rings. The van der Waals surface area contributed by atoms with Crippen molar-refractivity contribution in [3.05, 3.63) is 186 Å². The van der Waals surface area contributed by atoms with Crippen LogP contribution >= 0.6 is 0 Å². The van der Waals surface area contributed by atoms with E-state index in [1.807, 2.05) is 12.3 Å². The van der Waals surface area contributed by atoms with E-state index in [9.17, 15) is 0 Å². The lowest BCUT2D eigenvalue weighted by molar-refractivity contribution is 0.832. The summed E-state index contributed by atoms with van der Waals surface area (Å²) in [7, 11) is 0. The molecule has 0 aliphatic heterocycles. The Morgan fingerprint density at radius 2 is 1.13 bits per heavy atom. The fourth-order valence-corrected chi connectivity index (χ4v) is 8.75. The molecule has 0 saturated carbocycles. The average molecular weight is 677 g/mol. The Morgan fingerprint density at radius 1 is 0.509 bits per heavy atom. The van der Waals surface area contributed by atoms with E-state index in [0.717, 1.165) is 36.1 Å². The van der Waals surface area contributed by atoms with Gasteiger partial charge in [-0.25, -0.2) is 0 Å². The molecule has 1 heterocycles. The Hall–Kier alpha value is -6.64. The third-order valence-corrected chi connectivity index (χ3v) is 11.1. The van der Waals surface area contributed by atoms with Crippen LogP contribution in [0.2, 0.25) is 0 Å². The number of hydrogen-bond donors (Lipinski definition) is 1. The van der Waals surface area contributed by atoms with Gasteiger partial charge in [-0.15, -0.1) is 0 Å². The molecule has 10 rings (SSSR count). The largest absolute Gasteiger partial charge is 0.308 e. The quantitative estimate of drug-likeness (QED) is 0.175. The van der Waals surface area contributed by atoms with Gasteiger partial charge in [0.05, 0.1) is 5.69 Å². The van der Waals surface area contributed by atoms with Crippen molar-refractivity contribution in [3.63, 3.8) is 0 Å². The number of nitrogens with zero attached hydrogens (tertiary/aromatic N) is 1. The number of pyridine rings is 1. The molecule has 8 aromatic rings. The number of hydrogen-bond acceptors (Lipinski definition) is 2. The smallest absolute Gasteiger partial charge is 0.0664 e. The van der Waals surface area contributed by atoms with Crippen molar-refractivity contribution in [3.8, 4) is 55.6 Å². The molecule has 2 heteroatoms. The molecule has 0 radical (unpaired) electrons. The highest BCUT2D eigenvalue weighted by Gasteiger charge is 2.31. The summed E-state index contributed by atoms with van der Waals surface area (Å²) in [5.74, 6) is 0. The highest BCUT2D eigenvalue weighted by atomic mass is 14.7. The summed E-state index contributed by atoms with van der Waals surface area (Å²) < 4.78 is 0. The molecule has 2 aliphatic carbocycles. The van der Waals surface area contributed by atoms with Crippen LogP contribution in [0.15, 0.2) is 170 Å². The molecule has 7 aromatic carbocycles. The van der Waals surface area contributed by atoms with Gasteiger partial charge in [0.25, 0.3) is 0 Å². The second-order valence-corrected chi connectivity index (χ2v) is 14.1. The minimum Gasteiger partial charge on any atom is -0.308 e. The molecule has 1 N–H and O–H groups in total. The fraction of sp³-hybridized carbons (Fsp3) is 0.0588. The average Bonchev–Trinajstić information content (AvgIpc) is 3.40. The molecule has 0 spiro atoms. The lowest BCUT2D eigenvalue weighted by atomic mass is 9.82. The Bertz CT molecular complexity index is 2700. The van der Waals surface area contributed by atoms with Crippen LogP contribution in [0.5, 0.6) is 0 Å². The maximum absolute atomic E-state index is 8.34. The van der Waals surface area contributed by atoms with Gasteiger partial charge < -0.3 is 5.41 Å². The topological polar surface area (TPSA) is 36.7 Å². The van der Waals surface area contributed by atoms with E-state index >= 15 is 0 Å². The number of rotatable bonds is 6. The first-order valence-electron chi connectivity index (χ1n) is 18.5. The van der Waals surface area contributed by atoms with Crippen molar-refractivity contribution < 1.29 is 0 Å². The molecule has 0 saturated heterocycles. The lowest BCUT2D eigenvalue weighted by Crippen LogP contribution is -1.93. The summed E-state index contributed by atoms with van der Waals surface area (Å²) in [5.41, 5.74) is 18.1. The van der Waals surface area contributed by atoms with Crippen molar-refractivity contribution in [2.75, 3.05) is 0 Å². The molecule has 0 unspecified atom stereocenters. The van der Waals surface area contributed by atoms with Crippen molar-refractivity contribution in [1.29, 1.82) is 5.41 Å². The third-order valence-electron chi connectivity index (χ3n) is 11.1. The predicted molar refractivity (Wildman–Crippen MR) is 224 cm³/mol. The zero-order chi connectivity index (χ0) is 35.3. The molecule has 53 heavy (non-hydrogen) atoms. The number of fused-ring (bicyclic) bond motifs is 5. The lowest BCUT2D eigenvalue weighted by Gasteiger charge is -2.20. The highest BCUT2D eigenvalue weighted by molar-refractivity contribution is 6.28. The van der Waals surface area contributed by atoms with Gasteiger partial charge in [-0.2, -0.15) is 0 Å². The molecule has 250 valence electrons. The number of nitrogens with one attached hydrogen (secondary N) is 1. The van der Waals surface area contributed by atoms with Gasteiger partial charge >= 0.3 is 0 Å². The van der Waals surface area contributed by atoms with Gasteiger partial charge in [0, 0.05) is 12.4 Å². The van der Waals surface area contributed by atoms with E-state index in [4.69, 9.17) is 5.41 Å². The van der Waals surface area contributed by atoms with E-state index in [0.29, 0.717) is 0 Å². The second-order valence-electron chi connectivity index (χ2n) is 14.1. The summed E-state index contributed by atoms with van der Waals surface area (Å²) in [6.45, 7) is 0. The van der Waals surface area contributed by atoms with Gasteiger partial charge in [-0.05, 0) is 137 Å². The van der Waals surface area contributed by atoms with Crippen LogP contribution < -0.4 is 0 Å². The Kier molecular flexibility index (Phi) is 7.54. The summed E-state index contributed by atoms with van der Waals surface area (Å²) >= 11 is 0. The van der Waals surface area contributed by atoms with E-state index in [2.05, 4.69) is 163 Å². The van der Waals surface area contributed by atoms with E-state index in [1.165, 1.54) is 94.5 Å². The van der Waals surface area contributed by atoms with E-state index in [1.54, 1.807) is 0 Å². The van der Waals surface area contributed by atoms with Crippen LogP contribution in [0.25, 0.3) is 88.8 Å². The van der Waals surface area contributed by atoms with E-state index < -0.39 is 0 Å². The summed E-state index contributed by atoms with van der Waals surface area (Å²) in [5, 5.41) is 13.4. The maximum atomic E-state index is 8.34. The third kappa shape index (κ3) is 5.18. The summed E-state index contributed by atoms with van der Waals surface area (Å²) in [6, 6.07) is 55.2. The zero-order valence-corrected chi connectivity index (χ0v) is 29.3. The second kappa shape index (κ2) is 12.8. The SMILES string of the molecule is N=C/C(=C\C1=Cc2ncccc2CCC1)c1ccc(-c2ccc3c4c(cccc24)-c2c-3c(-c3ccccc3)c3ccccc3c2-c2ccccc2)cc1. The van der Waals surface area contributed by atoms with Crippen molar-refractivity contribution >= 4 is 39.4 Å². The molecule has 2 nitrogen and oxygen atoms in total. The molecule has 0 amide bonds. The molecular formula is C51H36N2. The first-order valence-corrected chi connectivity index (χ1v) is 18.5. The van der Waals surface area contributed by atoms with Crippen LogP contribution in [0.1, 0.15) is 29.7 Å². The number of aromatic nitrogens is 1. The Labute approximate surface area is 310 Å². The maximum Gasteiger partial charge on any atom is 0.0664 e. The first kappa shape index (κ1) is 31.1. The fourth-order valence-electron chi connectivity index (χ4n) is 8.75. The van der Waals surface area contributed by atoms with Gasteiger partial charge in [0.1, 0.15) is 0 Å². The van der Waals surface area contributed by atoms with Crippen LogP contribution in [-0.4, -0.2) is 11.2 Å². The zero-order valence-electron chi connectivity index (χ0n) is 29.3. The standard InChI is InChI=1S/C51H36N2/c52-32-39(30-33-12-9-17-36-18-11-29-53-46(36)31-33)34-23-25-35(26-24-34)40-27-28-45-49-41(40)21-10-22-44(49)50-47(37-13-3-1-4-14-37)42-19-7-8-20-43(42)48(51(45)50)38-15-5-2-6-16-38/h1-8,10-11,13-16,18-32,52H,9,12,17H2/b39-30+,52-32?. The van der Waals surface area contributed by atoms with Gasteiger partial charge in [0.2, 0.25) is 0 Å². The van der Waals surface area contributed by atoms with E-state index in [-0.39, 0.29) is 0 Å². The molecule has 0 atom stereocenters. The van der Waals surface area contributed by atoms with Gasteiger partial charge in [-0.3, -0.25) is 4.98 Å². The minimum absolute atomic E-state index is 0.909. The van der Waals surface area contributed by atoms with Gasteiger partial charge in [0.15, 0.2) is 0 Å². The monoisotopic (exact) mass is 676 g/mol. The molecular weight excluding hydrogens is 641 g/mol. The Balaban J connectivity index is 1.13. The van der Waals surface area contributed by atoms with Crippen LogP contribution in [0, 0.1) is 5.41 Å². The van der Waals surface area contributed by atoms with Crippen LogP contribution in [0.4, 0.5) is 0 Å². The van der Waals surface area contributed by atoms with Gasteiger partial charge in [-0.1, -0.05) is 146 Å². The van der Waals surface area contributed by atoms with Crippen LogP contribution in [0.3, 0.4) is 0 Å². The number of aryl methyl sites for hydroxylation is 1. The predicted octanol–water partition coefficient (Wildman–Crippen LogP) is 13.5. The Morgan fingerprint density at radius 3 is 1.81 bits per heavy atom. The first-order chi connectivity index (χ1) is 26.3. The molecule has 0 bridgehead atoms. The number of allylic oxidation sites excluding steroid dienone is 3. The van der Waals surface area contributed by atoms with Crippen molar-refractivity contribution in [2.24, 2.45) is 0 Å². The number of benzene rings is 7.